The second-order valence-corrected chi connectivity index (χ2v) is 9.02. The molecule has 0 atom stereocenters. The second kappa shape index (κ2) is 7.56. The molecule has 0 N–H and O–H groups in total. The fraction of sp³-hybridized carbons (Fsp3) is 0.450. The van der Waals surface area contributed by atoms with E-state index < -0.39 is 5.54 Å². The van der Waals surface area contributed by atoms with Gasteiger partial charge in [0, 0.05) is 25.2 Å². The van der Waals surface area contributed by atoms with Gasteiger partial charge in [-0.1, -0.05) is 32.5 Å². The van der Waals surface area contributed by atoms with Gasteiger partial charge in [-0.15, -0.1) is 0 Å². The van der Waals surface area contributed by atoms with Crippen molar-refractivity contribution in [2.24, 2.45) is 5.41 Å². The van der Waals surface area contributed by atoms with E-state index >= 15 is 0 Å². The lowest BCUT2D eigenvalue weighted by molar-refractivity contribution is -0.540. The molecule has 0 spiro atoms. The maximum absolute atomic E-state index is 12.5. The summed E-state index contributed by atoms with van der Waals surface area (Å²) in [5.41, 5.74) is -0.410. The van der Waals surface area contributed by atoms with Crippen LogP contribution in [0.2, 0.25) is 0 Å². The molecule has 2 aromatic rings. The van der Waals surface area contributed by atoms with Crippen molar-refractivity contribution in [3.05, 3.63) is 47.4 Å². The lowest BCUT2D eigenvalue weighted by Crippen LogP contribution is -2.37. The van der Waals surface area contributed by atoms with Crippen LogP contribution in [-0.4, -0.2) is 23.6 Å². The van der Waals surface area contributed by atoms with E-state index in [9.17, 15) is 5.21 Å². The molecule has 1 heterocycles. The summed E-state index contributed by atoms with van der Waals surface area (Å²) in [6, 6.07) is 11.5. The Balaban J connectivity index is 2.09. The molecule has 136 valence electrons. The van der Waals surface area contributed by atoms with Crippen molar-refractivity contribution in [3.63, 3.8) is 0 Å². The van der Waals surface area contributed by atoms with E-state index in [0.717, 1.165) is 26.9 Å². The van der Waals surface area contributed by atoms with Crippen molar-refractivity contribution in [1.29, 1.82) is 0 Å². The number of hydroxylamine groups is 1. The molecule has 1 aromatic carbocycles. The molecule has 0 amide bonds. The molecule has 0 saturated carbocycles. The first kappa shape index (κ1) is 19.4. The van der Waals surface area contributed by atoms with E-state index in [4.69, 9.17) is 9.15 Å². The number of rotatable bonds is 6. The standard InChI is InChI=1S/C20H27NO3S/c1-19(2,3)14-20(4,5)21(22)13-16-9-12-18(24-16)25-17-10-7-15(23-6)8-11-17/h7-13H,14H2,1-6H3/b21-13-. The quantitative estimate of drug-likeness (QED) is 0.291. The summed E-state index contributed by atoms with van der Waals surface area (Å²) in [5, 5.41) is 13.3. The van der Waals surface area contributed by atoms with Gasteiger partial charge in [-0.2, -0.15) is 0 Å². The molecule has 25 heavy (non-hydrogen) atoms. The van der Waals surface area contributed by atoms with Gasteiger partial charge in [0.05, 0.1) is 7.11 Å². The molecule has 5 heteroatoms. The van der Waals surface area contributed by atoms with Crippen molar-refractivity contribution in [1.82, 2.24) is 0 Å². The molecular formula is C20H27NO3S. The number of nitrogens with zero attached hydrogens (tertiary/aromatic N) is 1. The number of hydrogen-bond donors (Lipinski definition) is 0. The van der Waals surface area contributed by atoms with Crippen LogP contribution in [0, 0.1) is 10.6 Å². The third-order valence-electron chi connectivity index (χ3n) is 3.68. The summed E-state index contributed by atoms with van der Waals surface area (Å²) in [7, 11) is 1.65. The first-order valence-electron chi connectivity index (χ1n) is 8.32. The molecule has 0 fully saturated rings. The van der Waals surface area contributed by atoms with Gasteiger partial charge in [0.2, 0.25) is 6.21 Å². The Morgan fingerprint density at radius 1 is 1.08 bits per heavy atom. The summed E-state index contributed by atoms with van der Waals surface area (Å²) < 4.78 is 11.9. The minimum absolute atomic E-state index is 0.0819. The summed E-state index contributed by atoms with van der Waals surface area (Å²) in [4.78, 5) is 1.05. The summed E-state index contributed by atoms with van der Waals surface area (Å²) >= 11 is 1.51. The maximum atomic E-state index is 12.5. The first-order chi connectivity index (χ1) is 11.6. The van der Waals surface area contributed by atoms with E-state index in [-0.39, 0.29) is 5.41 Å². The first-order valence-corrected chi connectivity index (χ1v) is 9.14. The molecule has 0 aliphatic rings. The molecule has 0 unspecified atom stereocenters. The van der Waals surface area contributed by atoms with Crippen LogP contribution in [0.3, 0.4) is 0 Å². The topological polar surface area (TPSA) is 48.4 Å². The van der Waals surface area contributed by atoms with Crippen molar-refractivity contribution < 1.29 is 13.9 Å². The predicted molar refractivity (Wildman–Crippen MR) is 103 cm³/mol. The number of benzene rings is 1. The van der Waals surface area contributed by atoms with Crippen molar-refractivity contribution in [2.75, 3.05) is 7.11 Å². The van der Waals surface area contributed by atoms with Crippen molar-refractivity contribution >= 4 is 18.0 Å². The SMILES string of the molecule is COc1ccc(Sc2ccc(/C=[N+](\[O-])C(C)(C)CC(C)(C)C)o2)cc1. The highest BCUT2D eigenvalue weighted by molar-refractivity contribution is 7.99. The molecule has 0 aliphatic heterocycles. The Morgan fingerprint density at radius 3 is 2.28 bits per heavy atom. The molecule has 0 saturated heterocycles. The molecule has 2 rings (SSSR count). The normalized spacial score (nSPS) is 13.1. The van der Waals surface area contributed by atoms with Crippen molar-refractivity contribution in [2.45, 2.75) is 56.6 Å². The lowest BCUT2D eigenvalue weighted by Gasteiger charge is -2.30. The highest BCUT2D eigenvalue weighted by Crippen LogP contribution is 2.31. The molecular weight excluding hydrogens is 334 g/mol. The van der Waals surface area contributed by atoms with Gasteiger partial charge in [0.15, 0.2) is 16.4 Å². The smallest absolute Gasteiger partial charge is 0.218 e. The Hall–Kier alpha value is -1.88. The molecule has 4 nitrogen and oxygen atoms in total. The van der Waals surface area contributed by atoms with Gasteiger partial charge in [0.1, 0.15) is 5.75 Å². The Bertz CT molecular complexity index is 724. The zero-order chi connectivity index (χ0) is 18.7. The van der Waals surface area contributed by atoms with Crippen LogP contribution in [0.25, 0.3) is 0 Å². The van der Waals surface area contributed by atoms with E-state index in [1.165, 1.54) is 18.0 Å². The van der Waals surface area contributed by atoms with Crippen LogP contribution in [-0.2, 0) is 0 Å². The van der Waals surface area contributed by atoms with Crippen molar-refractivity contribution in [3.8, 4) is 5.75 Å². The van der Waals surface area contributed by atoms with Crippen LogP contribution >= 0.6 is 11.8 Å². The van der Waals surface area contributed by atoms with Crippen LogP contribution in [0.15, 0.2) is 50.8 Å². The van der Waals surface area contributed by atoms with Gasteiger partial charge in [-0.05, 0) is 41.8 Å². The molecule has 0 radical (unpaired) electrons. The highest BCUT2D eigenvalue weighted by Gasteiger charge is 2.32. The summed E-state index contributed by atoms with van der Waals surface area (Å²) in [6.45, 7) is 10.3. The van der Waals surface area contributed by atoms with Crippen LogP contribution in [0.4, 0.5) is 0 Å². The zero-order valence-electron chi connectivity index (χ0n) is 15.8. The van der Waals surface area contributed by atoms with Gasteiger partial charge >= 0.3 is 0 Å². The third-order valence-corrected chi connectivity index (χ3v) is 4.61. The van der Waals surface area contributed by atoms with E-state index in [1.807, 2.05) is 50.2 Å². The van der Waals surface area contributed by atoms with Gasteiger partial charge < -0.3 is 14.4 Å². The average Bonchev–Trinajstić information content (AvgIpc) is 2.92. The van der Waals surface area contributed by atoms with E-state index in [0.29, 0.717) is 5.76 Å². The van der Waals surface area contributed by atoms with Crippen LogP contribution < -0.4 is 4.74 Å². The largest absolute Gasteiger partial charge is 0.623 e. The fourth-order valence-corrected chi connectivity index (χ4v) is 3.66. The van der Waals surface area contributed by atoms with E-state index in [2.05, 4.69) is 20.8 Å². The summed E-state index contributed by atoms with van der Waals surface area (Å²) in [6.07, 6.45) is 2.32. The Labute approximate surface area is 154 Å². The van der Waals surface area contributed by atoms with Gasteiger partial charge in [0.25, 0.3) is 0 Å². The molecule has 0 bridgehead atoms. The van der Waals surface area contributed by atoms with Crippen LogP contribution in [0.5, 0.6) is 5.75 Å². The molecule has 0 aliphatic carbocycles. The predicted octanol–water partition coefficient (Wildman–Crippen LogP) is 5.58. The fourth-order valence-electron chi connectivity index (χ4n) is 2.88. The minimum Gasteiger partial charge on any atom is -0.623 e. The summed E-state index contributed by atoms with van der Waals surface area (Å²) in [5.74, 6) is 1.38. The Morgan fingerprint density at radius 2 is 1.72 bits per heavy atom. The third kappa shape index (κ3) is 5.85. The monoisotopic (exact) mass is 361 g/mol. The average molecular weight is 362 g/mol. The minimum atomic E-state index is -0.492. The highest BCUT2D eigenvalue weighted by atomic mass is 32.2. The van der Waals surface area contributed by atoms with Gasteiger partial charge in [-0.25, -0.2) is 4.74 Å². The number of furan rings is 1. The second-order valence-electron chi connectivity index (χ2n) is 7.94. The van der Waals surface area contributed by atoms with Gasteiger partial charge in [-0.3, -0.25) is 0 Å². The maximum Gasteiger partial charge on any atom is 0.218 e. The number of ether oxygens (including phenoxy) is 1. The zero-order valence-corrected chi connectivity index (χ0v) is 16.6. The number of methoxy groups -OCH3 is 1. The lowest BCUT2D eigenvalue weighted by atomic mass is 9.82. The number of hydrogen-bond acceptors (Lipinski definition) is 4. The van der Waals surface area contributed by atoms with E-state index in [1.54, 1.807) is 7.11 Å². The molecule has 1 aromatic heterocycles. The van der Waals surface area contributed by atoms with Crippen LogP contribution in [0.1, 0.15) is 46.8 Å². The Kier molecular flexibility index (Phi) is 5.88.